The molecule has 2 unspecified atom stereocenters. The van der Waals surface area contributed by atoms with Crippen molar-refractivity contribution >= 4 is 33.6 Å². The summed E-state index contributed by atoms with van der Waals surface area (Å²) in [6, 6.07) is 5.49. The molecule has 2 rings (SSSR count). The normalized spacial score (nSPS) is 24.7. The van der Waals surface area contributed by atoms with E-state index < -0.39 is 0 Å². The third kappa shape index (κ3) is 1.45. The highest BCUT2D eigenvalue weighted by molar-refractivity contribution is 9.10. The van der Waals surface area contributed by atoms with Crippen LogP contribution in [-0.4, -0.2) is 11.2 Å². The molecule has 14 heavy (non-hydrogen) atoms. The largest absolute Gasteiger partial charge is 0.369 e. The van der Waals surface area contributed by atoms with Crippen LogP contribution in [0.4, 0.5) is 0 Å². The zero-order valence-corrected chi connectivity index (χ0v) is 9.64. The molecule has 1 aliphatic rings. The maximum absolute atomic E-state index is 11.1. The molecular formula is C9H9BrN2OS. The maximum atomic E-state index is 11.1. The molecule has 2 atom stereocenters. The second-order valence-corrected chi connectivity index (χ2v) is 5.13. The number of thioether (sulfide) groups is 1. The number of rotatable bonds is 1. The second-order valence-electron chi connectivity index (χ2n) is 3.12. The molecule has 1 aliphatic heterocycles. The molecule has 0 saturated carbocycles. The molecule has 74 valence electrons. The van der Waals surface area contributed by atoms with E-state index in [-0.39, 0.29) is 17.2 Å². The highest BCUT2D eigenvalue weighted by Crippen LogP contribution is 2.46. The summed E-state index contributed by atoms with van der Waals surface area (Å²) in [4.78, 5) is 12.1. The van der Waals surface area contributed by atoms with Gasteiger partial charge in [-0.05, 0) is 27.6 Å². The van der Waals surface area contributed by atoms with Crippen molar-refractivity contribution in [2.24, 2.45) is 11.5 Å². The number of hydrogen-bond donors (Lipinski definition) is 2. The first-order valence-corrected chi connectivity index (χ1v) is 5.78. The Labute approximate surface area is 94.4 Å². The molecule has 1 aromatic carbocycles. The SMILES string of the molecule is NC(=O)C1Sc2c(Br)cccc2C1N. The first-order chi connectivity index (χ1) is 6.61. The van der Waals surface area contributed by atoms with Gasteiger partial charge in [0.1, 0.15) is 5.25 Å². The Hall–Kier alpha value is -0.520. The molecule has 1 aromatic rings. The van der Waals surface area contributed by atoms with E-state index in [1.807, 2.05) is 18.2 Å². The summed E-state index contributed by atoms with van der Waals surface area (Å²) in [6.07, 6.45) is 0. The average Bonchev–Trinajstić information content (AvgIpc) is 2.46. The fourth-order valence-corrected chi connectivity index (χ4v) is 3.36. The lowest BCUT2D eigenvalue weighted by molar-refractivity contribution is -0.117. The average molecular weight is 273 g/mol. The van der Waals surface area contributed by atoms with Crippen molar-refractivity contribution in [3.8, 4) is 0 Å². The van der Waals surface area contributed by atoms with Gasteiger partial charge in [0.05, 0.1) is 6.04 Å². The van der Waals surface area contributed by atoms with Crippen LogP contribution in [0.1, 0.15) is 11.6 Å². The van der Waals surface area contributed by atoms with E-state index in [9.17, 15) is 4.79 Å². The van der Waals surface area contributed by atoms with Gasteiger partial charge in [-0.15, -0.1) is 11.8 Å². The highest BCUT2D eigenvalue weighted by Gasteiger charge is 2.35. The number of fused-ring (bicyclic) bond motifs is 1. The monoisotopic (exact) mass is 272 g/mol. The van der Waals surface area contributed by atoms with Gasteiger partial charge in [0.2, 0.25) is 5.91 Å². The minimum absolute atomic E-state index is 0.287. The summed E-state index contributed by atoms with van der Waals surface area (Å²) in [5, 5.41) is -0.344. The van der Waals surface area contributed by atoms with Gasteiger partial charge in [-0.2, -0.15) is 0 Å². The number of carbonyl (C=O) groups excluding carboxylic acids is 1. The Morgan fingerprint density at radius 2 is 2.21 bits per heavy atom. The summed E-state index contributed by atoms with van der Waals surface area (Å²) in [5.41, 5.74) is 12.2. The van der Waals surface area contributed by atoms with Crippen LogP contribution in [0.25, 0.3) is 0 Å². The number of benzene rings is 1. The van der Waals surface area contributed by atoms with Gasteiger partial charge in [-0.3, -0.25) is 4.79 Å². The number of carbonyl (C=O) groups is 1. The van der Waals surface area contributed by atoms with E-state index in [0.29, 0.717) is 0 Å². The molecule has 4 N–H and O–H groups in total. The van der Waals surface area contributed by atoms with Gasteiger partial charge in [-0.25, -0.2) is 0 Å². The van der Waals surface area contributed by atoms with Crippen LogP contribution in [0.2, 0.25) is 0 Å². The lowest BCUT2D eigenvalue weighted by Crippen LogP contribution is -2.32. The van der Waals surface area contributed by atoms with E-state index >= 15 is 0 Å². The van der Waals surface area contributed by atoms with Crippen LogP contribution in [0, 0.1) is 0 Å². The van der Waals surface area contributed by atoms with Gasteiger partial charge in [0.15, 0.2) is 0 Å². The smallest absolute Gasteiger partial charge is 0.232 e. The number of hydrogen-bond acceptors (Lipinski definition) is 3. The van der Waals surface area contributed by atoms with Crippen molar-refractivity contribution in [1.29, 1.82) is 0 Å². The first kappa shape index (κ1) is 10.0. The van der Waals surface area contributed by atoms with E-state index in [1.165, 1.54) is 11.8 Å². The third-order valence-corrected chi connectivity index (χ3v) is 4.60. The zero-order chi connectivity index (χ0) is 10.3. The van der Waals surface area contributed by atoms with Crippen molar-refractivity contribution in [1.82, 2.24) is 0 Å². The van der Waals surface area contributed by atoms with Gasteiger partial charge < -0.3 is 11.5 Å². The fourth-order valence-electron chi connectivity index (χ4n) is 1.51. The van der Waals surface area contributed by atoms with Gasteiger partial charge in [-0.1, -0.05) is 12.1 Å². The summed E-state index contributed by atoms with van der Waals surface area (Å²) in [6.45, 7) is 0. The van der Waals surface area contributed by atoms with Crippen molar-refractivity contribution in [2.45, 2.75) is 16.2 Å². The molecule has 0 radical (unpaired) electrons. The Bertz CT molecular complexity index is 396. The summed E-state index contributed by atoms with van der Waals surface area (Å²) >= 11 is 4.86. The van der Waals surface area contributed by atoms with Crippen molar-refractivity contribution in [2.75, 3.05) is 0 Å². The molecule has 1 heterocycles. The predicted octanol–water partition coefficient (Wildman–Crippen LogP) is 1.41. The van der Waals surface area contributed by atoms with Crippen LogP contribution in [-0.2, 0) is 4.79 Å². The lowest BCUT2D eigenvalue weighted by Gasteiger charge is -2.09. The minimum atomic E-state index is -0.356. The van der Waals surface area contributed by atoms with E-state index in [2.05, 4.69) is 15.9 Å². The topological polar surface area (TPSA) is 69.1 Å². The highest BCUT2D eigenvalue weighted by atomic mass is 79.9. The van der Waals surface area contributed by atoms with Gasteiger partial charge in [0.25, 0.3) is 0 Å². The standard InChI is InChI=1S/C9H9BrN2OS/c10-5-3-1-2-4-6(11)8(9(12)13)14-7(4)5/h1-3,6,8H,11H2,(H2,12,13). The van der Waals surface area contributed by atoms with Crippen molar-refractivity contribution < 1.29 is 4.79 Å². The van der Waals surface area contributed by atoms with Crippen LogP contribution in [0.5, 0.6) is 0 Å². The van der Waals surface area contributed by atoms with E-state index in [1.54, 1.807) is 0 Å². The summed E-state index contributed by atoms with van der Waals surface area (Å²) in [5.74, 6) is -0.356. The minimum Gasteiger partial charge on any atom is -0.369 e. The second kappa shape index (κ2) is 3.56. The Kier molecular flexibility index (Phi) is 2.55. The molecule has 0 saturated heterocycles. The van der Waals surface area contributed by atoms with Crippen LogP contribution >= 0.6 is 27.7 Å². The van der Waals surface area contributed by atoms with Crippen molar-refractivity contribution in [3.63, 3.8) is 0 Å². The van der Waals surface area contributed by atoms with Crippen LogP contribution < -0.4 is 11.5 Å². The van der Waals surface area contributed by atoms with Gasteiger partial charge >= 0.3 is 0 Å². The Morgan fingerprint density at radius 3 is 2.79 bits per heavy atom. The number of primary amides is 1. The van der Waals surface area contributed by atoms with Crippen LogP contribution in [0.15, 0.2) is 27.6 Å². The first-order valence-electron chi connectivity index (χ1n) is 4.11. The molecule has 0 bridgehead atoms. The molecule has 0 aromatic heterocycles. The molecule has 0 fully saturated rings. The third-order valence-electron chi connectivity index (χ3n) is 2.21. The zero-order valence-electron chi connectivity index (χ0n) is 7.24. The predicted molar refractivity (Wildman–Crippen MR) is 59.9 cm³/mol. The number of halogens is 1. The Morgan fingerprint density at radius 1 is 1.50 bits per heavy atom. The molecule has 1 amide bonds. The number of amides is 1. The molecule has 3 nitrogen and oxygen atoms in total. The summed E-state index contributed by atoms with van der Waals surface area (Å²) < 4.78 is 0.971. The molecule has 0 spiro atoms. The number of nitrogens with two attached hydrogens (primary N) is 2. The maximum Gasteiger partial charge on any atom is 0.232 e. The Balaban J connectivity index is 2.45. The molecular weight excluding hydrogens is 264 g/mol. The molecule has 5 heteroatoms. The summed E-state index contributed by atoms with van der Waals surface area (Å²) in [7, 11) is 0. The van der Waals surface area contributed by atoms with Crippen molar-refractivity contribution in [3.05, 3.63) is 28.2 Å². The van der Waals surface area contributed by atoms with E-state index in [0.717, 1.165) is 14.9 Å². The van der Waals surface area contributed by atoms with Gasteiger partial charge in [0, 0.05) is 9.37 Å². The molecule has 0 aliphatic carbocycles. The quantitative estimate of drug-likeness (QED) is 0.812. The lowest BCUT2D eigenvalue weighted by atomic mass is 10.0. The van der Waals surface area contributed by atoms with Crippen LogP contribution in [0.3, 0.4) is 0 Å². The fraction of sp³-hybridized carbons (Fsp3) is 0.222. The van der Waals surface area contributed by atoms with E-state index in [4.69, 9.17) is 11.5 Å².